The van der Waals surface area contributed by atoms with Crippen LogP contribution in [0.15, 0.2) is 0 Å². The Hall–Kier alpha value is -0.580. The Bertz CT molecular complexity index is 267. The van der Waals surface area contributed by atoms with Gasteiger partial charge in [-0.05, 0) is 25.8 Å². The zero-order valence-corrected chi connectivity index (χ0v) is 10.4. The number of carbonyl (C=O) groups excluding carboxylic acids is 1. The van der Waals surface area contributed by atoms with Gasteiger partial charge in [0, 0.05) is 12.0 Å². The van der Waals surface area contributed by atoms with Crippen molar-refractivity contribution in [2.75, 3.05) is 20.1 Å². The molecule has 1 saturated carbocycles. The molecule has 0 heterocycles. The van der Waals surface area contributed by atoms with E-state index in [4.69, 9.17) is 0 Å². The van der Waals surface area contributed by atoms with Crippen molar-refractivity contribution in [3.8, 4) is 0 Å². The smallest absolute Gasteiger partial charge is 0.303 e. The summed E-state index contributed by atoms with van der Waals surface area (Å²) in [5.41, 5.74) is -0.572. The third-order valence-corrected chi connectivity index (χ3v) is 3.41. The number of alkyl halides is 3. The average molecular weight is 251 g/mol. The van der Waals surface area contributed by atoms with Crippen LogP contribution in [0.1, 0.15) is 32.6 Å². The third-order valence-electron chi connectivity index (χ3n) is 3.41. The summed E-state index contributed by atoms with van der Waals surface area (Å²) >= 11 is 0. The largest absolute Gasteiger partial charge is 0.401 e. The Morgan fingerprint density at radius 2 is 2.12 bits per heavy atom. The molecule has 0 bridgehead atoms. The lowest BCUT2D eigenvalue weighted by Gasteiger charge is -2.38. The second-order valence-corrected chi connectivity index (χ2v) is 5.47. The van der Waals surface area contributed by atoms with Crippen molar-refractivity contribution in [1.29, 1.82) is 0 Å². The summed E-state index contributed by atoms with van der Waals surface area (Å²) in [6, 6.07) is 0. The highest BCUT2D eigenvalue weighted by Crippen LogP contribution is 2.38. The first-order chi connectivity index (χ1) is 7.76. The fraction of sp³-hybridized carbons (Fsp3) is 0.917. The van der Waals surface area contributed by atoms with Crippen LogP contribution in [0.3, 0.4) is 0 Å². The van der Waals surface area contributed by atoms with Crippen LogP contribution < -0.4 is 0 Å². The molecule has 1 rings (SSSR count). The van der Waals surface area contributed by atoms with Crippen molar-refractivity contribution in [2.45, 2.75) is 38.8 Å². The first kappa shape index (κ1) is 14.5. The molecule has 2 atom stereocenters. The zero-order valence-electron chi connectivity index (χ0n) is 10.4. The molecule has 0 N–H and O–H groups in total. The molecule has 0 saturated heterocycles. The van der Waals surface area contributed by atoms with Crippen LogP contribution >= 0.6 is 0 Å². The van der Waals surface area contributed by atoms with Crippen LogP contribution in [-0.2, 0) is 4.79 Å². The Morgan fingerprint density at radius 3 is 2.59 bits per heavy atom. The molecule has 1 aliphatic rings. The van der Waals surface area contributed by atoms with Crippen LogP contribution in [0, 0.1) is 11.3 Å². The van der Waals surface area contributed by atoms with E-state index in [9.17, 15) is 18.0 Å². The number of rotatable bonds is 4. The minimum Gasteiger partial charge on any atom is -0.303 e. The fourth-order valence-corrected chi connectivity index (χ4v) is 2.89. The lowest BCUT2D eigenvalue weighted by molar-refractivity contribution is -0.148. The number of hydrogen-bond donors (Lipinski definition) is 0. The van der Waals surface area contributed by atoms with Crippen LogP contribution in [-0.4, -0.2) is 37.5 Å². The standard InChI is InChI=1S/C12H20F3NO/c1-10-4-3-5-11(6-10,9-17)7-16(2)8-12(13,14)15/h9-10H,3-8H2,1-2H3. The number of nitrogens with zero attached hydrogens (tertiary/aromatic N) is 1. The van der Waals surface area contributed by atoms with Crippen LogP contribution in [0.25, 0.3) is 0 Å². The molecular weight excluding hydrogens is 231 g/mol. The number of hydrogen-bond acceptors (Lipinski definition) is 2. The van der Waals surface area contributed by atoms with E-state index in [1.165, 1.54) is 11.9 Å². The quantitative estimate of drug-likeness (QED) is 0.716. The summed E-state index contributed by atoms with van der Waals surface area (Å²) in [6.07, 6.45) is 0.0920. The molecule has 1 aliphatic carbocycles. The summed E-state index contributed by atoms with van der Waals surface area (Å²) in [4.78, 5) is 12.4. The lowest BCUT2D eigenvalue weighted by Crippen LogP contribution is -2.43. The molecule has 5 heteroatoms. The molecule has 0 spiro atoms. The molecule has 1 fully saturated rings. The van der Waals surface area contributed by atoms with Gasteiger partial charge >= 0.3 is 6.18 Å². The molecule has 0 radical (unpaired) electrons. The van der Waals surface area contributed by atoms with Crippen LogP contribution in [0.5, 0.6) is 0 Å². The average Bonchev–Trinajstić information content (AvgIpc) is 2.14. The van der Waals surface area contributed by atoms with Gasteiger partial charge in [-0.2, -0.15) is 13.2 Å². The van der Waals surface area contributed by atoms with E-state index < -0.39 is 18.1 Å². The van der Waals surface area contributed by atoms with Gasteiger partial charge in [-0.1, -0.05) is 19.8 Å². The maximum atomic E-state index is 12.2. The van der Waals surface area contributed by atoms with Crippen LogP contribution in [0.4, 0.5) is 13.2 Å². The highest BCUT2D eigenvalue weighted by molar-refractivity contribution is 5.60. The molecule has 0 aromatic rings. The zero-order chi connectivity index (χ0) is 13.1. The minimum absolute atomic E-state index is 0.209. The second-order valence-electron chi connectivity index (χ2n) is 5.47. The molecule has 2 unspecified atom stereocenters. The second kappa shape index (κ2) is 5.38. The Labute approximate surface area is 100 Å². The van der Waals surface area contributed by atoms with E-state index in [1.54, 1.807) is 0 Å². The van der Waals surface area contributed by atoms with Crippen LogP contribution in [0.2, 0.25) is 0 Å². The number of aldehydes is 1. The maximum Gasteiger partial charge on any atom is 0.401 e. The Kier molecular flexibility index (Phi) is 4.58. The van der Waals surface area contributed by atoms with Gasteiger partial charge in [0.25, 0.3) is 0 Å². The van der Waals surface area contributed by atoms with Gasteiger partial charge in [0.15, 0.2) is 0 Å². The molecule has 0 amide bonds. The van der Waals surface area contributed by atoms with E-state index in [2.05, 4.69) is 6.92 Å². The van der Waals surface area contributed by atoms with Crippen molar-refractivity contribution in [1.82, 2.24) is 4.90 Å². The minimum atomic E-state index is -4.20. The van der Waals surface area contributed by atoms with E-state index in [-0.39, 0.29) is 6.54 Å². The van der Waals surface area contributed by atoms with Crippen molar-refractivity contribution in [3.63, 3.8) is 0 Å². The summed E-state index contributed by atoms with van der Waals surface area (Å²) in [7, 11) is 1.43. The summed E-state index contributed by atoms with van der Waals surface area (Å²) in [5, 5.41) is 0. The predicted octanol–water partition coefficient (Wildman–Crippen LogP) is 2.88. The molecule has 2 nitrogen and oxygen atoms in total. The third kappa shape index (κ3) is 4.66. The molecule has 0 aliphatic heterocycles. The van der Waals surface area contributed by atoms with Gasteiger partial charge < -0.3 is 4.79 Å². The first-order valence-corrected chi connectivity index (χ1v) is 5.98. The predicted molar refractivity (Wildman–Crippen MR) is 59.7 cm³/mol. The number of carbonyl (C=O) groups is 1. The maximum absolute atomic E-state index is 12.2. The monoisotopic (exact) mass is 251 g/mol. The molecule has 0 aromatic carbocycles. The summed E-state index contributed by atoms with van der Waals surface area (Å²) < 4.78 is 36.7. The van der Waals surface area contributed by atoms with Crippen molar-refractivity contribution in [3.05, 3.63) is 0 Å². The Morgan fingerprint density at radius 1 is 1.47 bits per heavy atom. The van der Waals surface area contributed by atoms with Gasteiger partial charge in [-0.25, -0.2) is 0 Å². The lowest BCUT2D eigenvalue weighted by atomic mass is 9.71. The van der Waals surface area contributed by atoms with Gasteiger partial charge in [-0.15, -0.1) is 0 Å². The van der Waals surface area contributed by atoms with E-state index in [1.807, 2.05) is 0 Å². The summed E-state index contributed by atoms with van der Waals surface area (Å²) in [5.74, 6) is 0.424. The molecule has 100 valence electrons. The van der Waals surface area contributed by atoms with E-state index in [0.717, 1.165) is 19.1 Å². The van der Waals surface area contributed by atoms with Crippen molar-refractivity contribution < 1.29 is 18.0 Å². The van der Waals surface area contributed by atoms with E-state index >= 15 is 0 Å². The summed E-state index contributed by atoms with van der Waals surface area (Å²) in [6.45, 7) is 1.32. The first-order valence-electron chi connectivity index (χ1n) is 5.98. The topological polar surface area (TPSA) is 20.3 Å². The van der Waals surface area contributed by atoms with E-state index in [0.29, 0.717) is 18.8 Å². The van der Waals surface area contributed by atoms with Gasteiger partial charge in [0.2, 0.25) is 0 Å². The molecular formula is C12H20F3NO. The van der Waals surface area contributed by atoms with Crippen molar-refractivity contribution >= 4 is 6.29 Å². The number of halogens is 3. The Balaban J connectivity index is 2.59. The normalized spacial score (nSPS) is 30.6. The van der Waals surface area contributed by atoms with Gasteiger partial charge in [0.1, 0.15) is 6.29 Å². The molecule has 17 heavy (non-hydrogen) atoms. The highest BCUT2D eigenvalue weighted by atomic mass is 19.4. The van der Waals surface area contributed by atoms with Gasteiger partial charge in [-0.3, -0.25) is 4.90 Å². The highest BCUT2D eigenvalue weighted by Gasteiger charge is 2.38. The SMILES string of the molecule is CC1CCCC(C=O)(CN(C)CC(F)(F)F)C1. The molecule has 0 aromatic heterocycles. The van der Waals surface area contributed by atoms with Gasteiger partial charge in [0.05, 0.1) is 6.54 Å². The van der Waals surface area contributed by atoms with Crippen molar-refractivity contribution in [2.24, 2.45) is 11.3 Å². The fourth-order valence-electron chi connectivity index (χ4n) is 2.89.